The van der Waals surface area contributed by atoms with Gasteiger partial charge in [-0.2, -0.15) is 26.3 Å². The average molecular weight is 447 g/mol. The smallest absolute Gasteiger partial charge is 0.378 e. The molecule has 0 fully saturated rings. The number of fused-ring (bicyclic) bond motifs is 1. The molecule has 0 unspecified atom stereocenters. The van der Waals surface area contributed by atoms with Crippen molar-refractivity contribution in [1.29, 1.82) is 0 Å². The van der Waals surface area contributed by atoms with Gasteiger partial charge in [0.15, 0.2) is 6.10 Å². The summed E-state index contributed by atoms with van der Waals surface area (Å²) in [5.41, 5.74) is -5.95. The standard InChI is InChI=1S/C21H19F6NO3/c22-20(23,24)19(31,21(25,26)27)15-9-10-16-14(12-15)8-4-5-11-28(16)18(30)17(29)13-6-2-1-3-7-13/h1-3,6-7,9-10,12,17,29,31H,4-5,8,11H2/t17-/m0/s1. The first-order valence-electron chi connectivity index (χ1n) is 9.41. The molecule has 0 radical (unpaired) electrons. The van der Waals surface area contributed by atoms with Gasteiger partial charge in [-0.25, -0.2) is 0 Å². The van der Waals surface area contributed by atoms with Crippen LogP contribution in [0.3, 0.4) is 0 Å². The zero-order chi connectivity index (χ0) is 23.0. The van der Waals surface area contributed by atoms with Gasteiger partial charge in [0.1, 0.15) is 0 Å². The summed E-state index contributed by atoms with van der Waals surface area (Å²) in [6.07, 6.45) is -12.6. The summed E-state index contributed by atoms with van der Waals surface area (Å²) in [5.74, 6) is -0.746. The molecule has 0 aliphatic carbocycles. The van der Waals surface area contributed by atoms with Crippen LogP contribution in [0.15, 0.2) is 48.5 Å². The zero-order valence-electron chi connectivity index (χ0n) is 16.0. The lowest BCUT2D eigenvalue weighted by atomic mass is 9.89. The Labute approximate surface area is 173 Å². The minimum atomic E-state index is -6.00. The van der Waals surface area contributed by atoms with Gasteiger partial charge in [0.25, 0.3) is 11.5 Å². The maximum atomic E-state index is 13.2. The van der Waals surface area contributed by atoms with Gasteiger partial charge in [0.05, 0.1) is 0 Å². The molecule has 1 aliphatic heterocycles. The molecule has 168 valence electrons. The van der Waals surface area contributed by atoms with Gasteiger partial charge in [0, 0.05) is 17.8 Å². The van der Waals surface area contributed by atoms with E-state index in [0.717, 1.165) is 11.0 Å². The fourth-order valence-corrected chi connectivity index (χ4v) is 3.62. The number of alkyl halides is 6. The number of rotatable bonds is 3. The number of halogens is 6. The number of aryl methyl sites for hydroxylation is 1. The first kappa shape index (κ1) is 23.1. The van der Waals surface area contributed by atoms with Crippen LogP contribution in [0.1, 0.15) is 35.6 Å². The van der Waals surface area contributed by atoms with E-state index in [1.165, 1.54) is 12.1 Å². The van der Waals surface area contributed by atoms with E-state index in [2.05, 4.69) is 0 Å². The van der Waals surface area contributed by atoms with Gasteiger partial charge in [-0.05, 0) is 36.5 Å². The van der Waals surface area contributed by atoms with E-state index >= 15 is 0 Å². The first-order chi connectivity index (χ1) is 14.4. The predicted octanol–water partition coefficient (Wildman–Crippen LogP) is 4.40. The normalized spacial score (nSPS) is 16.5. The molecule has 0 aromatic heterocycles. The van der Waals surface area contributed by atoms with Crippen LogP contribution in [0.25, 0.3) is 0 Å². The SMILES string of the molecule is O=C([C@@H](O)c1ccccc1)N1CCCCc2cc(C(O)(C(F)(F)F)C(F)(F)F)ccc21. The fraction of sp³-hybridized carbons (Fsp3) is 0.381. The van der Waals surface area contributed by atoms with Crippen LogP contribution in [0.5, 0.6) is 0 Å². The highest BCUT2D eigenvalue weighted by Gasteiger charge is 2.71. The molecule has 1 aliphatic rings. The molecule has 0 saturated heterocycles. The van der Waals surface area contributed by atoms with Crippen LogP contribution in [0.4, 0.5) is 32.0 Å². The third-order valence-corrected chi connectivity index (χ3v) is 5.30. The van der Waals surface area contributed by atoms with E-state index in [-0.39, 0.29) is 24.2 Å². The Hall–Kier alpha value is -2.59. The molecular weight excluding hydrogens is 428 g/mol. The number of anilines is 1. The van der Waals surface area contributed by atoms with Crippen molar-refractivity contribution in [3.8, 4) is 0 Å². The van der Waals surface area contributed by atoms with Crippen molar-refractivity contribution in [3.63, 3.8) is 0 Å². The summed E-state index contributed by atoms with van der Waals surface area (Å²) in [4.78, 5) is 14.0. The van der Waals surface area contributed by atoms with E-state index in [9.17, 15) is 41.4 Å². The number of hydrogen-bond acceptors (Lipinski definition) is 3. The third kappa shape index (κ3) is 4.14. The predicted molar refractivity (Wildman–Crippen MR) is 99.1 cm³/mol. The number of carbonyl (C=O) groups excluding carboxylic acids is 1. The third-order valence-electron chi connectivity index (χ3n) is 5.30. The van der Waals surface area contributed by atoms with Crippen LogP contribution < -0.4 is 4.90 Å². The van der Waals surface area contributed by atoms with Gasteiger partial charge >= 0.3 is 12.4 Å². The second kappa shape index (κ2) is 8.16. The Morgan fingerprint density at radius 3 is 2.13 bits per heavy atom. The van der Waals surface area contributed by atoms with Crippen molar-refractivity contribution in [2.45, 2.75) is 43.3 Å². The maximum Gasteiger partial charge on any atom is 0.430 e. The Balaban J connectivity index is 2.04. The van der Waals surface area contributed by atoms with Gasteiger partial charge in [-0.15, -0.1) is 0 Å². The van der Waals surface area contributed by atoms with E-state index in [1.54, 1.807) is 18.2 Å². The Kier molecular flexibility index (Phi) is 6.07. The molecular formula is C21H19F6NO3. The summed E-state index contributed by atoms with van der Waals surface area (Å²) in [5, 5.41) is 20.1. The molecule has 3 rings (SSSR count). The molecule has 31 heavy (non-hydrogen) atoms. The highest BCUT2D eigenvalue weighted by atomic mass is 19.4. The fourth-order valence-electron chi connectivity index (χ4n) is 3.62. The minimum absolute atomic E-state index is 0.0514. The average Bonchev–Trinajstić information content (AvgIpc) is 2.93. The van der Waals surface area contributed by atoms with Crippen LogP contribution in [0, 0.1) is 0 Å². The summed E-state index contributed by atoms with van der Waals surface area (Å²) in [6.45, 7) is 0.137. The second-order valence-electron chi connectivity index (χ2n) is 7.31. The summed E-state index contributed by atoms with van der Waals surface area (Å²) in [7, 11) is 0. The Morgan fingerprint density at radius 1 is 0.935 bits per heavy atom. The van der Waals surface area contributed by atoms with E-state index in [4.69, 9.17) is 0 Å². The monoisotopic (exact) mass is 447 g/mol. The number of aliphatic hydroxyl groups excluding tert-OH is 1. The number of carbonyl (C=O) groups is 1. The molecule has 0 bridgehead atoms. The lowest BCUT2D eigenvalue weighted by molar-refractivity contribution is -0.376. The molecule has 4 nitrogen and oxygen atoms in total. The van der Waals surface area contributed by atoms with E-state index < -0.39 is 35.5 Å². The molecule has 10 heteroatoms. The molecule has 1 heterocycles. The Morgan fingerprint density at radius 2 is 1.55 bits per heavy atom. The highest BCUT2D eigenvalue weighted by Crippen LogP contribution is 2.50. The van der Waals surface area contributed by atoms with Crippen molar-refractivity contribution in [1.82, 2.24) is 0 Å². The van der Waals surface area contributed by atoms with Gasteiger partial charge in [-0.1, -0.05) is 42.5 Å². The van der Waals surface area contributed by atoms with Gasteiger partial charge < -0.3 is 15.1 Å². The molecule has 2 N–H and O–H groups in total. The minimum Gasteiger partial charge on any atom is -0.378 e. The number of amides is 1. The zero-order valence-corrected chi connectivity index (χ0v) is 16.0. The van der Waals surface area contributed by atoms with Gasteiger partial charge in [0.2, 0.25) is 0 Å². The molecule has 2 aromatic carbocycles. The van der Waals surface area contributed by atoms with Crippen molar-refractivity contribution in [2.24, 2.45) is 0 Å². The van der Waals surface area contributed by atoms with Crippen LogP contribution >= 0.6 is 0 Å². The van der Waals surface area contributed by atoms with Gasteiger partial charge in [-0.3, -0.25) is 4.79 Å². The van der Waals surface area contributed by atoms with Crippen molar-refractivity contribution in [3.05, 3.63) is 65.2 Å². The highest BCUT2D eigenvalue weighted by molar-refractivity contribution is 5.97. The maximum absolute atomic E-state index is 13.2. The van der Waals surface area contributed by atoms with Crippen LogP contribution in [0.2, 0.25) is 0 Å². The van der Waals surface area contributed by atoms with E-state index in [1.807, 2.05) is 0 Å². The second-order valence-corrected chi connectivity index (χ2v) is 7.31. The van der Waals surface area contributed by atoms with Crippen LogP contribution in [-0.4, -0.2) is 35.0 Å². The number of aliphatic hydroxyl groups is 2. The summed E-state index contributed by atoms with van der Waals surface area (Å²) < 4.78 is 79.4. The largest absolute Gasteiger partial charge is 0.430 e. The topological polar surface area (TPSA) is 60.8 Å². The molecule has 1 amide bonds. The Bertz CT molecular complexity index is 928. The van der Waals surface area contributed by atoms with Crippen LogP contribution in [-0.2, 0) is 16.8 Å². The number of nitrogens with zero attached hydrogens (tertiary/aromatic N) is 1. The number of benzene rings is 2. The number of hydrogen-bond donors (Lipinski definition) is 2. The first-order valence-corrected chi connectivity index (χ1v) is 9.41. The molecule has 0 spiro atoms. The molecule has 0 saturated carbocycles. The lowest BCUT2D eigenvalue weighted by Crippen LogP contribution is -2.54. The summed E-state index contributed by atoms with van der Waals surface area (Å²) >= 11 is 0. The van der Waals surface area contributed by atoms with Crippen molar-refractivity contribution < 1.29 is 41.4 Å². The van der Waals surface area contributed by atoms with Crippen molar-refractivity contribution >= 4 is 11.6 Å². The summed E-state index contributed by atoms with van der Waals surface area (Å²) in [6, 6.07) is 10.1. The van der Waals surface area contributed by atoms with Crippen molar-refractivity contribution in [2.75, 3.05) is 11.4 Å². The quantitative estimate of drug-likeness (QED) is 0.686. The van der Waals surface area contributed by atoms with E-state index in [0.29, 0.717) is 30.5 Å². The molecule has 1 atom stereocenters. The lowest BCUT2D eigenvalue weighted by Gasteiger charge is -2.33. The molecule has 2 aromatic rings.